The molecule has 2 heterocycles. The van der Waals surface area contributed by atoms with Gasteiger partial charge in [0.05, 0.1) is 15.7 Å². The highest BCUT2D eigenvalue weighted by Gasteiger charge is 2.24. The number of halogens is 2. The topological polar surface area (TPSA) is 36.4 Å². The number of nitrogens with zero attached hydrogens (tertiary/aromatic N) is 3. The van der Waals surface area contributed by atoms with Crippen molar-refractivity contribution in [2.75, 3.05) is 31.1 Å². The van der Waals surface area contributed by atoms with Crippen molar-refractivity contribution in [3.05, 3.63) is 69.5 Å². The van der Waals surface area contributed by atoms with E-state index in [9.17, 15) is 4.79 Å². The summed E-state index contributed by atoms with van der Waals surface area (Å²) >= 11 is 13.6. The van der Waals surface area contributed by atoms with E-state index in [1.54, 1.807) is 29.5 Å². The van der Waals surface area contributed by atoms with Crippen molar-refractivity contribution in [1.29, 1.82) is 0 Å². The zero-order valence-electron chi connectivity index (χ0n) is 14.4. The molecule has 0 unspecified atom stereocenters. The highest BCUT2D eigenvalue weighted by atomic mass is 35.5. The molecule has 1 amide bonds. The number of hydrogen-bond donors (Lipinski definition) is 0. The third-order valence-corrected chi connectivity index (χ3v) is 6.21. The predicted molar refractivity (Wildman–Crippen MR) is 112 cm³/mol. The molecule has 4 nitrogen and oxygen atoms in total. The zero-order chi connectivity index (χ0) is 18.8. The SMILES string of the molecule is O=C(c1ccc(Cl)c(Cl)c1)N1CCN(c2nc(-c3ccccc3)cs2)CC1. The molecule has 1 aliphatic rings. The quantitative estimate of drug-likeness (QED) is 0.595. The van der Waals surface area contributed by atoms with Crippen LogP contribution in [0.1, 0.15) is 10.4 Å². The van der Waals surface area contributed by atoms with Gasteiger partial charge in [-0.15, -0.1) is 11.3 Å². The summed E-state index contributed by atoms with van der Waals surface area (Å²) in [4.78, 5) is 21.5. The Bertz CT molecular complexity index is 953. The Labute approximate surface area is 172 Å². The maximum Gasteiger partial charge on any atom is 0.254 e. The molecule has 7 heteroatoms. The minimum absolute atomic E-state index is 0.0164. The minimum atomic E-state index is -0.0164. The fourth-order valence-corrected chi connectivity index (χ4v) is 4.25. The Morgan fingerprint density at radius 3 is 2.41 bits per heavy atom. The number of piperazine rings is 1. The Morgan fingerprint density at radius 1 is 0.963 bits per heavy atom. The average molecular weight is 418 g/mol. The molecule has 1 aliphatic heterocycles. The molecule has 1 fully saturated rings. The Balaban J connectivity index is 1.41. The van der Waals surface area contributed by atoms with Gasteiger partial charge in [0.25, 0.3) is 5.91 Å². The normalized spacial score (nSPS) is 14.4. The molecule has 0 saturated carbocycles. The molecule has 0 spiro atoms. The second-order valence-electron chi connectivity index (χ2n) is 6.29. The molecule has 2 aromatic carbocycles. The number of carbonyl (C=O) groups excluding carboxylic acids is 1. The lowest BCUT2D eigenvalue weighted by atomic mass is 10.2. The van der Waals surface area contributed by atoms with Crippen LogP contribution >= 0.6 is 34.5 Å². The number of thiazole rings is 1. The first-order valence-electron chi connectivity index (χ1n) is 8.62. The second-order valence-corrected chi connectivity index (χ2v) is 7.94. The van der Waals surface area contributed by atoms with Crippen LogP contribution in [0.15, 0.2) is 53.9 Å². The van der Waals surface area contributed by atoms with E-state index in [0.717, 1.165) is 29.5 Å². The molecule has 3 aromatic rings. The molecule has 0 bridgehead atoms. The summed E-state index contributed by atoms with van der Waals surface area (Å²) in [6.45, 7) is 2.82. The molecule has 1 saturated heterocycles. The van der Waals surface area contributed by atoms with Crippen molar-refractivity contribution < 1.29 is 4.79 Å². The summed E-state index contributed by atoms with van der Waals surface area (Å²) in [6, 6.07) is 15.2. The fraction of sp³-hybridized carbons (Fsp3) is 0.200. The van der Waals surface area contributed by atoms with Crippen LogP contribution in [-0.4, -0.2) is 42.0 Å². The van der Waals surface area contributed by atoms with Crippen molar-refractivity contribution in [2.45, 2.75) is 0 Å². The number of benzene rings is 2. The van der Waals surface area contributed by atoms with Gasteiger partial charge in [0.2, 0.25) is 0 Å². The van der Waals surface area contributed by atoms with Crippen LogP contribution in [0, 0.1) is 0 Å². The summed E-state index contributed by atoms with van der Waals surface area (Å²) in [5, 5.41) is 3.93. The van der Waals surface area contributed by atoms with Gasteiger partial charge in [-0.3, -0.25) is 4.79 Å². The molecule has 0 radical (unpaired) electrons. The van der Waals surface area contributed by atoms with Crippen LogP contribution in [0.4, 0.5) is 5.13 Å². The number of amides is 1. The van der Waals surface area contributed by atoms with E-state index in [0.29, 0.717) is 28.7 Å². The lowest BCUT2D eigenvalue weighted by molar-refractivity contribution is 0.0747. The zero-order valence-corrected chi connectivity index (χ0v) is 16.8. The number of anilines is 1. The first kappa shape index (κ1) is 18.3. The van der Waals surface area contributed by atoms with E-state index in [1.807, 2.05) is 23.1 Å². The summed E-state index contributed by atoms with van der Waals surface area (Å²) in [7, 11) is 0. The smallest absolute Gasteiger partial charge is 0.254 e. The molecular weight excluding hydrogens is 401 g/mol. The Hall–Kier alpha value is -2.08. The number of carbonyl (C=O) groups is 1. The highest BCUT2D eigenvalue weighted by molar-refractivity contribution is 7.14. The van der Waals surface area contributed by atoms with Gasteiger partial charge in [0, 0.05) is 42.7 Å². The molecule has 0 aliphatic carbocycles. The van der Waals surface area contributed by atoms with Crippen LogP contribution in [-0.2, 0) is 0 Å². The number of rotatable bonds is 3. The summed E-state index contributed by atoms with van der Waals surface area (Å²) in [6.07, 6.45) is 0. The van der Waals surface area contributed by atoms with Gasteiger partial charge in [0.1, 0.15) is 0 Å². The Kier molecular flexibility index (Phi) is 5.34. The molecule has 1 aromatic heterocycles. The van der Waals surface area contributed by atoms with Crippen LogP contribution in [0.3, 0.4) is 0 Å². The summed E-state index contributed by atoms with van der Waals surface area (Å²) in [5.74, 6) is -0.0164. The maximum atomic E-state index is 12.7. The van der Waals surface area contributed by atoms with Gasteiger partial charge in [-0.1, -0.05) is 53.5 Å². The van der Waals surface area contributed by atoms with Gasteiger partial charge < -0.3 is 9.80 Å². The maximum absolute atomic E-state index is 12.7. The van der Waals surface area contributed by atoms with Crippen LogP contribution < -0.4 is 4.90 Å². The van der Waals surface area contributed by atoms with Crippen molar-refractivity contribution in [2.24, 2.45) is 0 Å². The number of hydrogen-bond acceptors (Lipinski definition) is 4. The predicted octanol–water partition coefficient (Wildman–Crippen LogP) is 5.08. The molecule has 4 rings (SSSR count). The first-order valence-corrected chi connectivity index (χ1v) is 10.3. The van der Waals surface area contributed by atoms with Gasteiger partial charge in [-0.25, -0.2) is 4.98 Å². The standard InChI is InChI=1S/C20H17Cl2N3OS/c21-16-7-6-15(12-17(16)22)19(26)24-8-10-25(11-9-24)20-23-18(13-27-20)14-4-2-1-3-5-14/h1-7,12-13H,8-11H2. The third-order valence-electron chi connectivity index (χ3n) is 4.57. The minimum Gasteiger partial charge on any atom is -0.345 e. The third kappa shape index (κ3) is 3.95. The molecule has 27 heavy (non-hydrogen) atoms. The lowest BCUT2D eigenvalue weighted by Gasteiger charge is -2.34. The molecule has 0 N–H and O–H groups in total. The van der Waals surface area contributed by atoms with E-state index in [-0.39, 0.29) is 5.91 Å². The average Bonchev–Trinajstić information content (AvgIpc) is 3.21. The molecular formula is C20H17Cl2N3OS. The van der Waals surface area contributed by atoms with Crippen LogP contribution in [0.5, 0.6) is 0 Å². The van der Waals surface area contributed by atoms with Gasteiger partial charge in [-0.05, 0) is 18.2 Å². The molecule has 0 atom stereocenters. The largest absolute Gasteiger partial charge is 0.345 e. The lowest BCUT2D eigenvalue weighted by Crippen LogP contribution is -2.48. The number of aromatic nitrogens is 1. The van der Waals surface area contributed by atoms with Gasteiger partial charge in [-0.2, -0.15) is 0 Å². The van der Waals surface area contributed by atoms with E-state index in [2.05, 4.69) is 22.4 Å². The van der Waals surface area contributed by atoms with Crippen molar-refractivity contribution >= 4 is 45.6 Å². The summed E-state index contributed by atoms with van der Waals surface area (Å²) in [5.41, 5.74) is 2.68. The van der Waals surface area contributed by atoms with E-state index in [1.165, 1.54) is 0 Å². The Morgan fingerprint density at radius 2 is 1.70 bits per heavy atom. The van der Waals surface area contributed by atoms with Crippen molar-refractivity contribution in [3.63, 3.8) is 0 Å². The van der Waals surface area contributed by atoms with Crippen molar-refractivity contribution in [3.8, 4) is 11.3 Å². The van der Waals surface area contributed by atoms with E-state index >= 15 is 0 Å². The van der Waals surface area contributed by atoms with Crippen molar-refractivity contribution in [1.82, 2.24) is 9.88 Å². The first-order chi connectivity index (χ1) is 13.1. The van der Waals surface area contributed by atoms with Crippen LogP contribution in [0.2, 0.25) is 10.0 Å². The monoisotopic (exact) mass is 417 g/mol. The van der Waals surface area contributed by atoms with E-state index in [4.69, 9.17) is 28.2 Å². The fourth-order valence-electron chi connectivity index (χ4n) is 3.06. The van der Waals surface area contributed by atoms with Gasteiger partial charge in [0.15, 0.2) is 5.13 Å². The van der Waals surface area contributed by atoms with Gasteiger partial charge >= 0.3 is 0 Å². The summed E-state index contributed by atoms with van der Waals surface area (Å²) < 4.78 is 0. The van der Waals surface area contributed by atoms with Crippen LogP contribution in [0.25, 0.3) is 11.3 Å². The van der Waals surface area contributed by atoms with E-state index < -0.39 is 0 Å². The molecule has 138 valence electrons. The second kappa shape index (κ2) is 7.89. The highest BCUT2D eigenvalue weighted by Crippen LogP contribution is 2.28.